The highest BCUT2D eigenvalue weighted by molar-refractivity contribution is 6.55. The maximum atomic E-state index is 9.90. The van der Waals surface area contributed by atoms with Crippen molar-refractivity contribution in [2.45, 2.75) is 12.8 Å². The minimum absolute atomic E-state index is 0.00667. The van der Waals surface area contributed by atoms with Gasteiger partial charge in [-0.2, -0.15) is 0 Å². The lowest BCUT2D eigenvalue weighted by Gasteiger charge is -1.98. The molecule has 0 saturated carbocycles. The van der Waals surface area contributed by atoms with E-state index in [9.17, 15) is 9.59 Å². The van der Waals surface area contributed by atoms with Crippen molar-refractivity contribution in [2.24, 2.45) is 0 Å². The number of aliphatic carboxylic acids is 1. The van der Waals surface area contributed by atoms with Crippen molar-refractivity contribution in [2.75, 3.05) is 6.61 Å². The van der Waals surface area contributed by atoms with Gasteiger partial charge in [-0.05, 0) is 6.42 Å². The fraction of sp³-hybridized carbons (Fsp3) is 0.600. The molecule has 2 radical (unpaired) electrons. The molecule has 5 heteroatoms. The second kappa shape index (κ2) is 4.84. The molecule has 0 aromatic rings. The summed E-state index contributed by atoms with van der Waals surface area (Å²) < 4.78 is 4.27. The van der Waals surface area contributed by atoms with Crippen molar-refractivity contribution in [3.8, 4) is 0 Å². The van der Waals surface area contributed by atoms with E-state index in [1.54, 1.807) is 0 Å². The van der Waals surface area contributed by atoms with Crippen LogP contribution in [0.25, 0.3) is 0 Å². The van der Waals surface area contributed by atoms with Crippen LogP contribution < -0.4 is 0 Å². The highest BCUT2D eigenvalue weighted by atomic mass is 16.5. The quantitative estimate of drug-likeness (QED) is 0.448. The van der Waals surface area contributed by atoms with E-state index in [1.165, 1.54) is 0 Å². The van der Waals surface area contributed by atoms with Crippen LogP contribution in [0.5, 0.6) is 0 Å². The lowest BCUT2D eigenvalue weighted by Crippen LogP contribution is -2.04. The molecule has 1 N–H and O–H groups in total. The van der Waals surface area contributed by atoms with E-state index in [0.717, 1.165) is 0 Å². The standard InChI is InChI=1S/C5H7BO4/c6-5(9)10-3-1-2-4(7)8/h1-3H2,(H,7,8). The van der Waals surface area contributed by atoms with E-state index in [-0.39, 0.29) is 13.0 Å². The fourth-order valence-electron chi connectivity index (χ4n) is 0.396. The average molecular weight is 142 g/mol. The first-order valence-electron chi connectivity index (χ1n) is 2.77. The number of hydrogen-bond donors (Lipinski definition) is 1. The molecule has 0 aromatic carbocycles. The molecule has 4 nitrogen and oxygen atoms in total. The molecule has 0 fully saturated rings. The molecule has 0 rings (SSSR count). The average Bonchev–Trinajstić information content (AvgIpc) is 1.79. The van der Waals surface area contributed by atoms with Crippen LogP contribution >= 0.6 is 0 Å². The first kappa shape index (κ1) is 9.00. The van der Waals surface area contributed by atoms with Gasteiger partial charge in [-0.25, -0.2) is 0 Å². The largest absolute Gasteiger partial charge is 0.481 e. The minimum atomic E-state index is -0.909. The predicted molar refractivity (Wildman–Crippen MR) is 34.0 cm³/mol. The van der Waals surface area contributed by atoms with Crippen LogP contribution in [-0.4, -0.2) is 31.4 Å². The van der Waals surface area contributed by atoms with Gasteiger partial charge in [-0.3, -0.25) is 9.59 Å². The summed E-state index contributed by atoms with van der Waals surface area (Å²) in [5.74, 6) is -1.78. The van der Waals surface area contributed by atoms with E-state index in [4.69, 9.17) is 5.11 Å². The Balaban J connectivity index is 3.06. The van der Waals surface area contributed by atoms with Crippen molar-refractivity contribution in [3.05, 3.63) is 0 Å². The topological polar surface area (TPSA) is 63.6 Å². The number of carboxylic acids is 1. The Hall–Kier alpha value is -0.995. The summed E-state index contributed by atoms with van der Waals surface area (Å²) in [6.45, 7) is 0.0711. The lowest BCUT2D eigenvalue weighted by molar-refractivity contribution is -0.137. The van der Waals surface area contributed by atoms with E-state index in [1.807, 2.05) is 0 Å². The molecule has 0 heterocycles. The number of carboxylic acid groups (broad SMARTS) is 1. The molecule has 0 atom stereocenters. The van der Waals surface area contributed by atoms with Gasteiger partial charge in [0.05, 0.1) is 6.61 Å². The van der Waals surface area contributed by atoms with Crippen LogP contribution in [0, 0.1) is 0 Å². The van der Waals surface area contributed by atoms with Crippen LogP contribution in [0.1, 0.15) is 12.8 Å². The van der Waals surface area contributed by atoms with Gasteiger partial charge in [-0.1, -0.05) is 0 Å². The minimum Gasteiger partial charge on any atom is -0.481 e. The van der Waals surface area contributed by atoms with Gasteiger partial charge in [0.1, 0.15) is 0 Å². The normalized spacial score (nSPS) is 8.80. The Morgan fingerprint density at radius 3 is 2.50 bits per heavy atom. The molecule has 0 aromatic heterocycles. The van der Waals surface area contributed by atoms with Gasteiger partial charge >= 0.3 is 5.97 Å². The third-order valence-corrected chi connectivity index (χ3v) is 0.779. The Bertz CT molecular complexity index is 118. The predicted octanol–water partition coefficient (Wildman–Crippen LogP) is 0.156. The van der Waals surface area contributed by atoms with Crippen molar-refractivity contribution >= 4 is 19.7 Å². The Morgan fingerprint density at radius 1 is 1.50 bits per heavy atom. The number of ether oxygens (including phenoxy) is 1. The van der Waals surface area contributed by atoms with Gasteiger partial charge in [0, 0.05) is 6.42 Å². The van der Waals surface area contributed by atoms with Crippen LogP contribution in [0.3, 0.4) is 0 Å². The van der Waals surface area contributed by atoms with Crippen molar-refractivity contribution in [3.63, 3.8) is 0 Å². The van der Waals surface area contributed by atoms with E-state index >= 15 is 0 Å². The number of carbonyl (C=O) groups excluding carboxylic acids is 1. The number of rotatable bonds is 4. The Morgan fingerprint density at radius 2 is 2.10 bits per heavy atom. The van der Waals surface area contributed by atoms with E-state index < -0.39 is 11.8 Å². The van der Waals surface area contributed by atoms with Crippen molar-refractivity contribution < 1.29 is 19.4 Å². The smallest absolute Gasteiger partial charge is 0.303 e. The fourth-order valence-corrected chi connectivity index (χ4v) is 0.396. The molecule has 0 unspecified atom stereocenters. The molecular weight excluding hydrogens is 135 g/mol. The summed E-state index contributed by atoms with van der Waals surface area (Å²) in [4.78, 5) is 19.8. The Labute approximate surface area is 59.6 Å². The molecule has 0 aliphatic heterocycles. The molecule has 0 bridgehead atoms. The van der Waals surface area contributed by atoms with Crippen molar-refractivity contribution in [1.82, 2.24) is 0 Å². The van der Waals surface area contributed by atoms with Gasteiger partial charge in [0.15, 0.2) is 0 Å². The van der Waals surface area contributed by atoms with Crippen LogP contribution in [-0.2, 0) is 9.53 Å². The Kier molecular flexibility index (Phi) is 4.36. The SMILES string of the molecule is [B]C(=O)OCCCC(=O)O. The van der Waals surface area contributed by atoms with Gasteiger partial charge < -0.3 is 9.84 Å². The van der Waals surface area contributed by atoms with Gasteiger partial charge in [0.25, 0.3) is 0 Å². The summed E-state index contributed by atoms with van der Waals surface area (Å²) in [5.41, 5.74) is 0. The molecule has 0 aliphatic rings. The summed E-state index contributed by atoms with van der Waals surface area (Å²) >= 11 is 0. The highest BCUT2D eigenvalue weighted by Crippen LogP contribution is 1.89. The first-order valence-corrected chi connectivity index (χ1v) is 2.77. The van der Waals surface area contributed by atoms with Crippen LogP contribution in [0.4, 0.5) is 4.79 Å². The summed E-state index contributed by atoms with van der Waals surface area (Å²) in [7, 11) is 4.60. The maximum absolute atomic E-state index is 9.90. The first-order chi connectivity index (χ1) is 4.63. The zero-order valence-electron chi connectivity index (χ0n) is 5.37. The third kappa shape index (κ3) is 7.00. The van der Waals surface area contributed by atoms with Crippen LogP contribution in [0.2, 0.25) is 0 Å². The zero-order chi connectivity index (χ0) is 7.98. The third-order valence-electron chi connectivity index (χ3n) is 0.779. The monoisotopic (exact) mass is 142 g/mol. The second-order valence-electron chi connectivity index (χ2n) is 1.66. The summed E-state index contributed by atoms with van der Waals surface area (Å²) in [6, 6.07) is 0. The number of carbonyl (C=O) groups is 2. The van der Waals surface area contributed by atoms with Gasteiger partial charge in [-0.15, -0.1) is 0 Å². The summed E-state index contributed by atoms with van der Waals surface area (Å²) in [5, 5.41) is 8.11. The number of hydrogen-bond acceptors (Lipinski definition) is 3. The van der Waals surface area contributed by atoms with E-state index in [2.05, 4.69) is 12.6 Å². The van der Waals surface area contributed by atoms with Crippen molar-refractivity contribution in [1.29, 1.82) is 0 Å². The van der Waals surface area contributed by atoms with E-state index in [0.29, 0.717) is 6.42 Å². The molecule has 0 amide bonds. The van der Waals surface area contributed by atoms with Crippen LogP contribution in [0.15, 0.2) is 0 Å². The highest BCUT2D eigenvalue weighted by Gasteiger charge is 1.96. The molecular formula is C5H7BO4. The van der Waals surface area contributed by atoms with Gasteiger partial charge in [0.2, 0.25) is 13.7 Å². The second-order valence-corrected chi connectivity index (χ2v) is 1.66. The molecule has 54 valence electrons. The zero-order valence-corrected chi connectivity index (χ0v) is 5.37. The molecule has 0 spiro atoms. The lowest BCUT2D eigenvalue weighted by atomic mass is 10.2. The molecule has 0 aliphatic carbocycles. The summed E-state index contributed by atoms with van der Waals surface area (Å²) in [6.07, 6.45) is 0.297. The maximum Gasteiger partial charge on any atom is 0.303 e. The molecule has 0 saturated heterocycles. The molecule has 10 heavy (non-hydrogen) atoms.